The van der Waals surface area contributed by atoms with E-state index in [0.29, 0.717) is 6.54 Å². The van der Waals surface area contributed by atoms with Gasteiger partial charge in [0.25, 0.3) is 0 Å². The lowest BCUT2D eigenvalue weighted by Gasteiger charge is -2.26. The van der Waals surface area contributed by atoms with Gasteiger partial charge in [-0.1, -0.05) is 6.07 Å². The number of aromatic nitrogens is 1. The van der Waals surface area contributed by atoms with Crippen molar-refractivity contribution in [2.45, 2.75) is 32.7 Å². The van der Waals surface area contributed by atoms with Crippen LogP contribution < -0.4 is 15.5 Å². The molecule has 0 unspecified atom stereocenters. The molecule has 0 radical (unpaired) electrons. The Morgan fingerprint density at radius 3 is 2.61 bits per heavy atom. The lowest BCUT2D eigenvalue weighted by atomic mass is 10.3. The van der Waals surface area contributed by atoms with E-state index in [-0.39, 0.29) is 24.0 Å². The van der Waals surface area contributed by atoms with Crippen LogP contribution in [0.4, 0.5) is 5.82 Å². The van der Waals surface area contributed by atoms with Crippen LogP contribution in [-0.4, -0.2) is 74.9 Å². The van der Waals surface area contributed by atoms with Gasteiger partial charge in [-0.25, -0.2) is 9.98 Å². The summed E-state index contributed by atoms with van der Waals surface area (Å²) in [4.78, 5) is 14.1. The number of ether oxygens (including phenoxy) is 1. The van der Waals surface area contributed by atoms with Crippen LogP contribution in [0.2, 0.25) is 0 Å². The van der Waals surface area contributed by atoms with Crippen LogP contribution in [0, 0.1) is 0 Å². The van der Waals surface area contributed by atoms with Gasteiger partial charge < -0.3 is 20.3 Å². The summed E-state index contributed by atoms with van der Waals surface area (Å²) in [5.74, 6) is 1.97. The van der Waals surface area contributed by atoms with E-state index in [9.17, 15) is 0 Å². The third-order valence-electron chi connectivity index (χ3n) is 5.05. The summed E-state index contributed by atoms with van der Waals surface area (Å²) in [6.07, 6.45) is 5.61. The van der Waals surface area contributed by atoms with Crippen molar-refractivity contribution >= 4 is 35.8 Å². The molecule has 0 spiro atoms. The monoisotopic (exact) mass is 502 g/mol. The minimum atomic E-state index is 0. The zero-order valence-corrected chi connectivity index (χ0v) is 19.4. The first-order valence-corrected chi connectivity index (χ1v) is 10.4. The molecule has 0 saturated carbocycles. The zero-order chi connectivity index (χ0) is 18.7. The van der Waals surface area contributed by atoms with Crippen molar-refractivity contribution in [1.29, 1.82) is 0 Å². The molecule has 2 aliphatic heterocycles. The van der Waals surface area contributed by atoms with Crippen LogP contribution in [0.25, 0.3) is 0 Å². The van der Waals surface area contributed by atoms with Crippen LogP contribution in [0.15, 0.2) is 23.3 Å². The second-order valence-corrected chi connectivity index (χ2v) is 7.15. The minimum Gasteiger partial charge on any atom is -0.379 e. The maximum Gasteiger partial charge on any atom is 0.191 e. The molecule has 2 fully saturated rings. The third kappa shape index (κ3) is 7.71. The normalized spacial score (nSPS) is 18.0. The number of rotatable bonds is 8. The molecule has 0 amide bonds. The van der Waals surface area contributed by atoms with E-state index in [1.165, 1.54) is 12.8 Å². The number of pyridine rings is 1. The molecule has 1 aromatic heterocycles. The highest BCUT2D eigenvalue weighted by Crippen LogP contribution is 2.17. The molecule has 0 aromatic carbocycles. The molecule has 2 aliphatic rings. The maximum atomic E-state index is 5.39. The lowest BCUT2D eigenvalue weighted by Crippen LogP contribution is -2.40. The standard InChI is InChI=1S/C20H34N6O.HI/c1-2-21-20(22-8-5-9-25-12-14-27-15-13-25)24-17-18-6-7-19(23-16-18)26-10-3-4-11-26;/h6-7,16H,2-5,8-15,17H2,1H3,(H2,21,22,24);1H. The second-order valence-electron chi connectivity index (χ2n) is 7.15. The first kappa shape index (κ1) is 23.2. The van der Waals surface area contributed by atoms with Gasteiger partial charge in [0.1, 0.15) is 5.82 Å². The molecule has 2 N–H and O–H groups in total. The number of morpholine rings is 1. The Bertz CT molecular complexity index is 571. The number of hydrogen-bond donors (Lipinski definition) is 2. The van der Waals surface area contributed by atoms with Gasteiger partial charge >= 0.3 is 0 Å². The molecule has 0 atom stereocenters. The number of nitrogens with one attached hydrogen (secondary N) is 2. The van der Waals surface area contributed by atoms with Gasteiger partial charge in [-0.05, 0) is 44.4 Å². The highest BCUT2D eigenvalue weighted by atomic mass is 127. The van der Waals surface area contributed by atoms with Crippen LogP contribution >= 0.6 is 24.0 Å². The van der Waals surface area contributed by atoms with E-state index in [0.717, 1.165) is 82.8 Å². The van der Waals surface area contributed by atoms with E-state index < -0.39 is 0 Å². The molecule has 7 nitrogen and oxygen atoms in total. The van der Waals surface area contributed by atoms with Crippen LogP contribution in [-0.2, 0) is 11.3 Å². The summed E-state index contributed by atoms with van der Waals surface area (Å²) < 4.78 is 5.39. The topological polar surface area (TPSA) is 65.0 Å². The number of anilines is 1. The summed E-state index contributed by atoms with van der Waals surface area (Å²) in [5, 5.41) is 6.76. The fourth-order valence-corrected chi connectivity index (χ4v) is 3.49. The van der Waals surface area contributed by atoms with Crippen LogP contribution in [0.3, 0.4) is 0 Å². The van der Waals surface area contributed by atoms with Gasteiger partial charge in [-0.2, -0.15) is 0 Å². The van der Waals surface area contributed by atoms with Gasteiger partial charge in [0.2, 0.25) is 0 Å². The highest BCUT2D eigenvalue weighted by Gasteiger charge is 2.13. The molecular weight excluding hydrogens is 467 g/mol. The molecule has 28 heavy (non-hydrogen) atoms. The Labute approximate surface area is 186 Å². The van der Waals surface area contributed by atoms with Crippen molar-refractivity contribution in [3.8, 4) is 0 Å². The molecule has 0 aliphatic carbocycles. The van der Waals surface area contributed by atoms with Gasteiger partial charge in [-0.15, -0.1) is 24.0 Å². The average Bonchev–Trinajstić information content (AvgIpc) is 3.25. The fourth-order valence-electron chi connectivity index (χ4n) is 3.49. The Morgan fingerprint density at radius 2 is 1.93 bits per heavy atom. The van der Waals surface area contributed by atoms with Crippen molar-refractivity contribution in [1.82, 2.24) is 20.5 Å². The average molecular weight is 502 g/mol. The first-order chi connectivity index (χ1) is 13.3. The van der Waals surface area contributed by atoms with Crippen molar-refractivity contribution in [2.24, 2.45) is 4.99 Å². The SMILES string of the molecule is CCNC(=NCc1ccc(N2CCCC2)nc1)NCCCN1CCOCC1.I. The van der Waals surface area contributed by atoms with Crippen molar-refractivity contribution in [2.75, 3.05) is 63.9 Å². The molecule has 2 saturated heterocycles. The number of halogens is 1. The summed E-state index contributed by atoms with van der Waals surface area (Å²) in [6, 6.07) is 4.27. The molecular formula is C20H35IN6O. The van der Waals surface area contributed by atoms with Crippen molar-refractivity contribution < 1.29 is 4.74 Å². The number of aliphatic imine (C=N–C) groups is 1. The molecule has 158 valence electrons. The van der Waals surface area contributed by atoms with E-state index in [1.54, 1.807) is 0 Å². The second kappa shape index (κ2) is 13.2. The molecule has 8 heteroatoms. The Balaban J connectivity index is 0.00000280. The highest BCUT2D eigenvalue weighted by molar-refractivity contribution is 14.0. The predicted octanol–water partition coefficient (Wildman–Crippen LogP) is 2.08. The van der Waals surface area contributed by atoms with Gasteiger partial charge in [-0.3, -0.25) is 4.90 Å². The Hall–Kier alpha value is -1.13. The zero-order valence-electron chi connectivity index (χ0n) is 17.0. The van der Waals surface area contributed by atoms with Crippen molar-refractivity contribution in [3.63, 3.8) is 0 Å². The summed E-state index contributed by atoms with van der Waals surface area (Å²) in [7, 11) is 0. The summed E-state index contributed by atoms with van der Waals surface area (Å²) >= 11 is 0. The van der Waals surface area contributed by atoms with Gasteiger partial charge in [0.15, 0.2) is 5.96 Å². The minimum absolute atomic E-state index is 0. The van der Waals surface area contributed by atoms with E-state index in [4.69, 9.17) is 9.73 Å². The fraction of sp³-hybridized carbons (Fsp3) is 0.700. The van der Waals surface area contributed by atoms with Gasteiger partial charge in [0, 0.05) is 45.5 Å². The van der Waals surface area contributed by atoms with Crippen LogP contribution in [0.5, 0.6) is 0 Å². The molecule has 3 rings (SSSR count). The largest absolute Gasteiger partial charge is 0.379 e. The van der Waals surface area contributed by atoms with E-state index >= 15 is 0 Å². The predicted molar refractivity (Wildman–Crippen MR) is 126 cm³/mol. The first-order valence-electron chi connectivity index (χ1n) is 10.4. The Kier molecular flexibility index (Phi) is 10.9. The van der Waals surface area contributed by atoms with Crippen LogP contribution in [0.1, 0.15) is 31.7 Å². The smallest absolute Gasteiger partial charge is 0.191 e. The lowest BCUT2D eigenvalue weighted by molar-refractivity contribution is 0.0376. The number of guanidine groups is 1. The van der Waals surface area contributed by atoms with E-state index in [1.807, 2.05) is 6.20 Å². The van der Waals surface area contributed by atoms with Gasteiger partial charge in [0.05, 0.1) is 19.8 Å². The quantitative estimate of drug-likeness (QED) is 0.246. The molecule has 3 heterocycles. The molecule has 1 aromatic rings. The van der Waals surface area contributed by atoms with E-state index in [2.05, 4.69) is 44.5 Å². The number of hydrogen-bond acceptors (Lipinski definition) is 5. The van der Waals surface area contributed by atoms with Crippen molar-refractivity contribution in [3.05, 3.63) is 23.9 Å². The number of nitrogens with zero attached hydrogens (tertiary/aromatic N) is 4. The maximum absolute atomic E-state index is 5.39. The Morgan fingerprint density at radius 1 is 1.14 bits per heavy atom. The third-order valence-corrected chi connectivity index (χ3v) is 5.05. The summed E-state index contributed by atoms with van der Waals surface area (Å²) in [6.45, 7) is 11.7. The molecule has 0 bridgehead atoms. The summed E-state index contributed by atoms with van der Waals surface area (Å²) in [5.41, 5.74) is 1.14.